The molecule has 26 heavy (non-hydrogen) atoms. The van der Waals surface area contributed by atoms with Crippen LogP contribution < -0.4 is 10.1 Å². The van der Waals surface area contributed by atoms with Gasteiger partial charge in [0.1, 0.15) is 11.8 Å². The van der Waals surface area contributed by atoms with Crippen molar-refractivity contribution in [3.63, 3.8) is 0 Å². The molecular weight excluding hydrogens is 396 g/mol. The Kier molecular flexibility index (Phi) is 5.93. The molecule has 0 radical (unpaired) electrons. The van der Waals surface area contributed by atoms with Crippen LogP contribution >= 0.6 is 15.9 Å². The minimum absolute atomic E-state index is 0.100. The first kappa shape index (κ1) is 18.5. The summed E-state index contributed by atoms with van der Waals surface area (Å²) in [5, 5.41) is 2.94. The third kappa shape index (κ3) is 4.25. The van der Waals surface area contributed by atoms with Gasteiger partial charge >= 0.3 is 0 Å². The van der Waals surface area contributed by atoms with E-state index in [-0.39, 0.29) is 11.8 Å². The third-order valence-electron chi connectivity index (χ3n) is 4.51. The van der Waals surface area contributed by atoms with Crippen molar-refractivity contribution in [3.05, 3.63) is 64.1 Å². The second-order valence-corrected chi connectivity index (χ2v) is 7.15. The normalized spacial score (nSPS) is 16.4. The van der Waals surface area contributed by atoms with Crippen LogP contribution in [0.5, 0.6) is 5.75 Å². The number of hydrogen-bond donors (Lipinski definition) is 1. The molecule has 1 atom stereocenters. The number of benzene rings is 2. The molecule has 6 heteroatoms. The molecule has 2 aromatic carbocycles. The van der Waals surface area contributed by atoms with E-state index in [0.717, 1.165) is 22.2 Å². The summed E-state index contributed by atoms with van der Waals surface area (Å²) in [4.78, 5) is 27.0. The van der Waals surface area contributed by atoms with Crippen molar-refractivity contribution in [1.29, 1.82) is 0 Å². The number of methoxy groups -OCH3 is 1. The molecule has 2 amide bonds. The predicted octanol–water partition coefficient (Wildman–Crippen LogP) is 3.38. The number of ether oxygens (including phenoxy) is 1. The van der Waals surface area contributed by atoms with Crippen molar-refractivity contribution < 1.29 is 14.3 Å². The van der Waals surface area contributed by atoms with Crippen LogP contribution in [0.2, 0.25) is 0 Å². The van der Waals surface area contributed by atoms with Gasteiger partial charge in [0.05, 0.1) is 7.11 Å². The molecule has 1 aliphatic heterocycles. The van der Waals surface area contributed by atoms with Crippen LogP contribution in [0.25, 0.3) is 0 Å². The lowest BCUT2D eigenvalue weighted by Crippen LogP contribution is -2.45. The average molecular weight is 417 g/mol. The van der Waals surface area contributed by atoms with Crippen molar-refractivity contribution in [2.75, 3.05) is 13.7 Å². The number of carbonyl (C=O) groups excluding carboxylic acids is 2. The minimum Gasteiger partial charge on any atom is -0.497 e. The summed E-state index contributed by atoms with van der Waals surface area (Å²) in [5.41, 5.74) is 1.56. The fraction of sp³-hybridized carbons (Fsp3) is 0.300. The van der Waals surface area contributed by atoms with Gasteiger partial charge in [0.15, 0.2) is 0 Å². The van der Waals surface area contributed by atoms with Gasteiger partial charge in [0, 0.05) is 23.1 Å². The monoisotopic (exact) mass is 416 g/mol. The maximum absolute atomic E-state index is 12.7. The lowest BCUT2D eigenvalue weighted by Gasteiger charge is -2.24. The number of rotatable bonds is 5. The van der Waals surface area contributed by atoms with Crippen molar-refractivity contribution in [2.24, 2.45) is 0 Å². The summed E-state index contributed by atoms with van der Waals surface area (Å²) in [6.45, 7) is 1.01. The highest BCUT2D eigenvalue weighted by Gasteiger charge is 2.34. The molecule has 0 spiro atoms. The molecule has 0 saturated carbocycles. The molecule has 0 bridgehead atoms. The van der Waals surface area contributed by atoms with Crippen molar-refractivity contribution in [3.8, 4) is 5.75 Å². The molecule has 1 aliphatic rings. The molecule has 0 aliphatic carbocycles. The Morgan fingerprint density at radius 1 is 1.23 bits per heavy atom. The van der Waals surface area contributed by atoms with Gasteiger partial charge in [0.2, 0.25) is 5.91 Å². The third-order valence-corrected chi connectivity index (χ3v) is 5.04. The molecule has 1 unspecified atom stereocenters. The molecule has 1 saturated heterocycles. The first-order valence-corrected chi connectivity index (χ1v) is 9.35. The van der Waals surface area contributed by atoms with E-state index in [1.54, 1.807) is 24.1 Å². The average Bonchev–Trinajstić information content (AvgIpc) is 3.16. The molecular formula is C20H21BrN2O3. The number of hydrogen-bond acceptors (Lipinski definition) is 3. The molecule has 5 nitrogen and oxygen atoms in total. The van der Waals surface area contributed by atoms with Crippen LogP contribution in [-0.4, -0.2) is 36.4 Å². The molecule has 2 aromatic rings. The van der Waals surface area contributed by atoms with E-state index in [2.05, 4.69) is 21.2 Å². The van der Waals surface area contributed by atoms with Gasteiger partial charge in [-0.15, -0.1) is 0 Å². The topological polar surface area (TPSA) is 58.6 Å². The summed E-state index contributed by atoms with van der Waals surface area (Å²) in [5.74, 6) is 0.539. The second-order valence-electron chi connectivity index (χ2n) is 6.23. The number of amides is 2. The second kappa shape index (κ2) is 8.36. The Bertz CT molecular complexity index is 792. The van der Waals surface area contributed by atoms with Gasteiger partial charge in [-0.1, -0.05) is 28.1 Å². The lowest BCUT2D eigenvalue weighted by molar-refractivity contribution is -0.125. The summed E-state index contributed by atoms with van der Waals surface area (Å²) in [6.07, 6.45) is 1.52. The zero-order valence-electron chi connectivity index (χ0n) is 14.6. The van der Waals surface area contributed by atoms with E-state index >= 15 is 0 Å². The smallest absolute Gasteiger partial charge is 0.254 e. The van der Waals surface area contributed by atoms with Gasteiger partial charge in [0.25, 0.3) is 5.91 Å². The van der Waals surface area contributed by atoms with E-state index in [9.17, 15) is 9.59 Å². The molecule has 0 aromatic heterocycles. The van der Waals surface area contributed by atoms with E-state index in [1.165, 1.54) is 0 Å². The Balaban J connectivity index is 1.64. The van der Waals surface area contributed by atoms with Crippen LogP contribution in [0, 0.1) is 0 Å². The maximum Gasteiger partial charge on any atom is 0.254 e. The van der Waals surface area contributed by atoms with Crippen molar-refractivity contribution in [1.82, 2.24) is 10.2 Å². The maximum atomic E-state index is 12.7. The number of halogens is 1. The Hall–Kier alpha value is -2.34. The Labute approximate surface area is 161 Å². The van der Waals surface area contributed by atoms with Gasteiger partial charge in [-0.05, 0) is 54.8 Å². The summed E-state index contributed by atoms with van der Waals surface area (Å²) in [6, 6.07) is 14.4. The zero-order chi connectivity index (χ0) is 18.5. The van der Waals surface area contributed by atoms with Gasteiger partial charge < -0.3 is 15.0 Å². The number of nitrogens with one attached hydrogen (secondary N) is 1. The highest BCUT2D eigenvalue weighted by Crippen LogP contribution is 2.21. The molecule has 1 heterocycles. The Morgan fingerprint density at radius 3 is 2.73 bits per heavy atom. The molecule has 136 valence electrons. The zero-order valence-corrected chi connectivity index (χ0v) is 16.2. The summed E-state index contributed by atoms with van der Waals surface area (Å²) >= 11 is 3.37. The summed E-state index contributed by atoms with van der Waals surface area (Å²) < 4.78 is 6.12. The molecule has 1 N–H and O–H groups in total. The van der Waals surface area contributed by atoms with Crippen LogP contribution in [0.4, 0.5) is 0 Å². The van der Waals surface area contributed by atoms with Crippen LogP contribution in [-0.2, 0) is 11.3 Å². The number of carbonyl (C=O) groups is 2. The van der Waals surface area contributed by atoms with Gasteiger partial charge in [-0.3, -0.25) is 9.59 Å². The lowest BCUT2D eigenvalue weighted by atomic mass is 10.1. The first-order chi connectivity index (χ1) is 12.6. The van der Waals surface area contributed by atoms with Gasteiger partial charge in [-0.25, -0.2) is 0 Å². The van der Waals surface area contributed by atoms with Gasteiger partial charge in [-0.2, -0.15) is 0 Å². The Morgan fingerprint density at radius 2 is 2.00 bits per heavy atom. The van der Waals surface area contributed by atoms with E-state index in [0.29, 0.717) is 25.1 Å². The number of likely N-dealkylation sites (tertiary alicyclic amines) is 1. The highest BCUT2D eigenvalue weighted by molar-refractivity contribution is 9.10. The highest BCUT2D eigenvalue weighted by atomic mass is 79.9. The standard InChI is InChI=1S/C20H21BrN2O3/c1-26-17-5-2-4-14(12-17)13-22-19(24)18-6-3-11-23(18)20(25)15-7-9-16(21)10-8-15/h2,4-5,7-10,12,18H,3,6,11,13H2,1H3,(H,22,24). The SMILES string of the molecule is COc1cccc(CNC(=O)C2CCCN2C(=O)c2ccc(Br)cc2)c1. The van der Waals surface area contributed by atoms with Crippen LogP contribution in [0.15, 0.2) is 53.0 Å². The minimum atomic E-state index is -0.420. The van der Waals surface area contributed by atoms with Crippen LogP contribution in [0.1, 0.15) is 28.8 Å². The number of nitrogens with zero attached hydrogens (tertiary/aromatic N) is 1. The molecule has 1 fully saturated rings. The molecule has 3 rings (SSSR count). The van der Waals surface area contributed by atoms with Crippen LogP contribution in [0.3, 0.4) is 0 Å². The quantitative estimate of drug-likeness (QED) is 0.812. The fourth-order valence-electron chi connectivity index (χ4n) is 3.13. The summed E-state index contributed by atoms with van der Waals surface area (Å²) in [7, 11) is 1.61. The first-order valence-electron chi connectivity index (χ1n) is 8.55. The predicted molar refractivity (Wildman–Crippen MR) is 103 cm³/mol. The van der Waals surface area contributed by atoms with Crippen molar-refractivity contribution in [2.45, 2.75) is 25.4 Å². The largest absolute Gasteiger partial charge is 0.497 e. The van der Waals surface area contributed by atoms with E-state index < -0.39 is 6.04 Å². The fourth-order valence-corrected chi connectivity index (χ4v) is 3.39. The van der Waals surface area contributed by atoms with E-state index in [1.807, 2.05) is 36.4 Å². The van der Waals surface area contributed by atoms with E-state index in [4.69, 9.17) is 4.74 Å². The van der Waals surface area contributed by atoms with Crippen molar-refractivity contribution >= 4 is 27.7 Å².